The summed E-state index contributed by atoms with van der Waals surface area (Å²) < 4.78 is 0. The minimum Gasteiger partial charge on any atom is -0.480 e. The van der Waals surface area contributed by atoms with Gasteiger partial charge in [-0.3, -0.25) is 14.5 Å². The molecule has 1 unspecified atom stereocenters. The van der Waals surface area contributed by atoms with Crippen molar-refractivity contribution >= 4 is 40.8 Å². The van der Waals surface area contributed by atoms with Gasteiger partial charge in [0, 0.05) is 5.02 Å². The molecule has 0 aliphatic heterocycles. The summed E-state index contributed by atoms with van der Waals surface area (Å²) in [7, 11) is 1.56. The Morgan fingerprint density at radius 2 is 2.05 bits per heavy atom. The van der Waals surface area contributed by atoms with Crippen LogP contribution in [0.25, 0.3) is 0 Å². The average Bonchev–Trinajstić information content (AvgIpc) is 2.30. The first-order valence-corrected chi connectivity index (χ1v) is 6.25. The highest BCUT2D eigenvalue weighted by atomic mass is 35.5. The first-order valence-electron chi connectivity index (χ1n) is 5.49. The largest absolute Gasteiger partial charge is 0.480 e. The van der Waals surface area contributed by atoms with Gasteiger partial charge in [0.05, 0.1) is 23.3 Å². The second-order valence-corrected chi connectivity index (χ2v) is 4.94. The van der Waals surface area contributed by atoms with Crippen LogP contribution in [0.1, 0.15) is 6.92 Å². The summed E-state index contributed by atoms with van der Waals surface area (Å²) in [5.74, 6) is -1.33. The van der Waals surface area contributed by atoms with E-state index < -0.39 is 12.0 Å². The lowest BCUT2D eigenvalue weighted by atomic mass is 10.2. The topological polar surface area (TPSA) is 69.6 Å². The quantitative estimate of drug-likeness (QED) is 0.876. The molecule has 0 heterocycles. The van der Waals surface area contributed by atoms with E-state index in [1.54, 1.807) is 26.1 Å². The van der Waals surface area contributed by atoms with Gasteiger partial charge in [-0.15, -0.1) is 0 Å². The molecule has 0 saturated heterocycles. The zero-order valence-electron chi connectivity index (χ0n) is 10.5. The Hall–Kier alpha value is -1.30. The van der Waals surface area contributed by atoms with E-state index >= 15 is 0 Å². The summed E-state index contributed by atoms with van der Waals surface area (Å²) in [4.78, 5) is 23.9. The van der Waals surface area contributed by atoms with Crippen LogP contribution in [-0.2, 0) is 9.59 Å². The van der Waals surface area contributed by atoms with Gasteiger partial charge >= 0.3 is 5.97 Å². The van der Waals surface area contributed by atoms with E-state index in [0.717, 1.165) is 0 Å². The highest BCUT2D eigenvalue weighted by Gasteiger charge is 2.20. The number of amides is 1. The zero-order valence-corrected chi connectivity index (χ0v) is 12.0. The number of carboxylic acids is 1. The van der Waals surface area contributed by atoms with E-state index in [2.05, 4.69) is 5.32 Å². The molecule has 1 aromatic carbocycles. The van der Waals surface area contributed by atoms with Gasteiger partial charge in [-0.05, 0) is 32.2 Å². The van der Waals surface area contributed by atoms with Crippen molar-refractivity contribution in [3.63, 3.8) is 0 Å². The molecule has 0 fully saturated rings. The molecule has 7 heteroatoms. The molecule has 0 radical (unpaired) electrons. The van der Waals surface area contributed by atoms with E-state index in [9.17, 15) is 9.59 Å². The molecule has 0 aliphatic rings. The molecule has 19 heavy (non-hydrogen) atoms. The highest BCUT2D eigenvalue weighted by Crippen LogP contribution is 2.25. The summed E-state index contributed by atoms with van der Waals surface area (Å²) in [5, 5.41) is 12.1. The molecule has 104 valence electrons. The lowest BCUT2D eigenvalue weighted by Gasteiger charge is -2.22. The van der Waals surface area contributed by atoms with Crippen molar-refractivity contribution in [2.75, 3.05) is 18.9 Å². The van der Waals surface area contributed by atoms with Crippen LogP contribution >= 0.6 is 23.2 Å². The number of nitrogens with one attached hydrogen (secondary N) is 1. The Morgan fingerprint density at radius 1 is 1.42 bits per heavy atom. The molecule has 0 spiro atoms. The predicted octanol–water partition coefficient (Wildman–Crippen LogP) is 2.34. The number of carbonyl (C=O) groups is 2. The van der Waals surface area contributed by atoms with Crippen LogP contribution in [-0.4, -0.2) is 41.5 Å². The number of halogens is 2. The summed E-state index contributed by atoms with van der Waals surface area (Å²) in [6, 6.07) is 4.12. The van der Waals surface area contributed by atoms with Crippen LogP contribution < -0.4 is 5.32 Å². The fourth-order valence-corrected chi connectivity index (χ4v) is 1.83. The van der Waals surface area contributed by atoms with Crippen LogP contribution in [0.4, 0.5) is 5.69 Å². The summed E-state index contributed by atoms with van der Waals surface area (Å²) in [6.45, 7) is 1.39. The van der Waals surface area contributed by atoms with Crippen molar-refractivity contribution in [1.82, 2.24) is 4.90 Å². The number of benzene rings is 1. The molecule has 2 N–H and O–H groups in total. The van der Waals surface area contributed by atoms with Gasteiger partial charge in [0.25, 0.3) is 0 Å². The van der Waals surface area contributed by atoms with E-state index in [1.807, 2.05) is 0 Å². The fraction of sp³-hybridized carbons (Fsp3) is 0.333. The van der Waals surface area contributed by atoms with Crippen LogP contribution in [0.2, 0.25) is 10.0 Å². The molecular formula is C12H14Cl2N2O3. The summed E-state index contributed by atoms with van der Waals surface area (Å²) >= 11 is 11.7. The zero-order chi connectivity index (χ0) is 14.6. The van der Waals surface area contributed by atoms with Crippen LogP contribution in [0, 0.1) is 0 Å². The van der Waals surface area contributed by atoms with Crippen LogP contribution in [0.3, 0.4) is 0 Å². The molecule has 1 atom stereocenters. The third kappa shape index (κ3) is 4.70. The van der Waals surface area contributed by atoms with E-state index in [1.165, 1.54) is 11.0 Å². The molecule has 0 aromatic heterocycles. The maximum Gasteiger partial charge on any atom is 0.317 e. The number of carbonyl (C=O) groups excluding carboxylic acids is 1. The Labute approximate surface area is 121 Å². The number of aliphatic carboxylic acids is 1. The van der Waals surface area contributed by atoms with Crippen LogP contribution in [0.15, 0.2) is 18.2 Å². The number of rotatable bonds is 5. The second-order valence-electron chi connectivity index (χ2n) is 4.10. The van der Waals surface area contributed by atoms with Crippen molar-refractivity contribution in [3.8, 4) is 0 Å². The van der Waals surface area contributed by atoms with Gasteiger partial charge in [0.15, 0.2) is 0 Å². The maximum absolute atomic E-state index is 11.9. The fourth-order valence-electron chi connectivity index (χ4n) is 1.38. The van der Waals surface area contributed by atoms with Crippen molar-refractivity contribution in [2.24, 2.45) is 0 Å². The maximum atomic E-state index is 11.9. The standard InChI is InChI=1S/C12H14Cl2N2O3/c1-7(16(2)6-11(17)18)12(19)15-10-4-3-8(13)5-9(10)14/h3-5,7H,6H2,1-2H3,(H,15,19)(H,17,18). The van der Waals surface area contributed by atoms with Gasteiger partial charge < -0.3 is 10.4 Å². The number of anilines is 1. The number of likely N-dealkylation sites (N-methyl/N-ethyl adjacent to an activating group) is 1. The molecule has 1 aromatic rings. The predicted molar refractivity (Wildman–Crippen MR) is 74.8 cm³/mol. The second kappa shape index (κ2) is 6.75. The summed E-state index contributed by atoms with van der Waals surface area (Å²) in [5.41, 5.74) is 0.437. The first kappa shape index (κ1) is 15.8. The highest BCUT2D eigenvalue weighted by molar-refractivity contribution is 6.36. The SMILES string of the molecule is CC(C(=O)Nc1ccc(Cl)cc1Cl)N(C)CC(=O)O. The molecular weight excluding hydrogens is 291 g/mol. The van der Waals surface area contributed by atoms with Crippen LogP contribution in [0.5, 0.6) is 0 Å². The average molecular weight is 305 g/mol. The van der Waals surface area contributed by atoms with Crippen molar-refractivity contribution in [1.29, 1.82) is 0 Å². The number of carboxylic acid groups (broad SMARTS) is 1. The summed E-state index contributed by atoms with van der Waals surface area (Å²) in [6.07, 6.45) is 0. The molecule has 0 aliphatic carbocycles. The van der Waals surface area contributed by atoms with Gasteiger partial charge in [0.1, 0.15) is 0 Å². The Bertz CT molecular complexity index is 494. The smallest absolute Gasteiger partial charge is 0.317 e. The Morgan fingerprint density at radius 3 is 2.58 bits per heavy atom. The van der Waals surface area contributed by atoms with Gasteiger partial charge in [0.2, 0.25) is 5.91 Å². The van der Waals surface area contributed by atoms with Crippen molar-refractivity contribution in [2.45, 2.75) is 13.0 Å². The first-order chi connectivity index (χ1) is 8.81. The van der Waals surface area contributed by atoms with E-state index in [0.29, 0.717) is 15.7 Å². The Kier molecular flexibility index (Phi) is 5.60. The lowest BCUT2D eigenvalue weighted by molar-refractivity contribution is -0.138. The minimum atomic E-state index is -0.994. The molecule has 1 amide bonds. The van der Waals surface area contributed by atoms with Gasteiger partial charge in [-0.1, -0.05) is 23.2 Å². The monoisotopic (exact) mass is 304 g/mol. The lowest BCUT2D eigenvalue weighted by Crippen LogP contribution is -2.42. The van der Waals surface area contributed by atoms with E-state index in [-0.39, 0.29) is 12.5 Å². The van der Waals surface area contributed by atoms with Gasteiger partial charge in [-0.25, -0.2) is 0 Å². The Balaban J connectivity index is 2.71. The van der Waals surface area contributed by atoms with Gasteiger partial charge in [-0.2, -0.15) is 0 Å². The molecule has 0 bridgehead atoms. The number of hydrogen-bond donors (Lipinski definition) is 2. The molecule has 1 rings (SSSR count). The van der Waals surface area contributed by atoms with Crippen molar-refractivity contribution < 1.29 is 14.7 Å². The van der Waals surface area contributed by atoms with Crippen molar-refractivity contribution in [3.05, 3.63) is 28.2 Å². The molecule has 0 saturated carbocycles. The normalized spacial score (nSPS) is 12.3. The third-order valence-electron chi connectivity index (χ3n) is 2.61. The molecule has 5 nitrogen and oxygen atoms in total. The minimum absolute atomic E-state index is 0.219. The number of nitrogens with zero attached hydrogens (tertiary/aromatic N) is 1. The number of hydrogen-bond acceptors (Lipinski definition) is 3. The third-order valence-corrected chi connectivity index (χ3v) is 3.16. The van der Waals surface area contributed by atoms with E-state index in [4.69, 9.17) is 28.3 Å².